The van der Waals surface area contributed by atoms with Gasteiger partial charge in [0.1, 0.15) is 0 Å². The van der Waals surface area contributed by atoms with E-state index in [2.05, 4.69) is 43.9 Å². The second-order valence-corrected chi connectivity index (χ2v) is 7.14. The molecule has 0 amide bonds. The number of fused-ring (bicyclic) bond motifs is 2. The van der Waals surface area contributed by atoms with Crippen molar-refractivity contribution in [3.05, 3.63) is 28.2 Å². The molecule has 4 rings (SSSR count). The van der Waals surface area contributed by atoms with Gasteiger partial charge in [0.15, 0.2) is 0 Å². The van der Waals surface area contributed by atoms with Crippen molar-refractivity contribution in [1.29, 1.82) is 0 Å². The molecule has 1 aromatic carbocycles. The minimum atomic E-state index is 0.779. The summed E-state index contributed by atoms with van der Waals surface area (Å²) in [5, 5.41) is 0. The normalized spacial score (nSPS) is 30.5. The summed E-state index contributed by atoms with van der Waals surface area (Å²) in [5.41, 5.74) is 3.03. The van der Waals surface area contributed by atoms with Crippen LogP contribution in [-0.2, 0) is 6.42 Å². The number of rotatable bonds is 1. The molecule has 0 N–H and O–H groups in total. The Hall–Kier alpha value is -0.540. The van der Waals surface area contributed by atoms with E-state index >= 15 is 0 Å². The molecule has 0 aromatic heterocycles. The van der Waals surface area contributed by atoms with Crippen LogP contribution in [-0.4, -0.2) is 36.6 Å². The van der Waals surface area contributed by atoms with Crippen LogP contribution in [0.25, 0.3) is 0 Å². The van der Waals surface area contributed by atoms with Crippen molar-refractivity contribution in [1.82, 2.24) is 4.90 Å². The van der Waals surface area contributed by atoms with Gasteiger partial charge in [0.05, 0.1) is 0 Å². The van der Waals surface area contributed by atoms with Gasteiger partial charge in [-0.2, -0.15) is 0 Å². The lowest BCUT2D eigenvalue weighted by Crippen LogP contribution is -2.47. The van der Waals surface area contributed by atoms with Crippen LogP contribution in [0, 0.1) is 0 Å². The van der Waals surface area contributed by atoms with Crippen molar-refractivity contribution in [2.24, 2.45) is 0 Å². The highest BCUT2D eigenvalue weighted by Crippen LogP contribution is 2.37. The molecule has 0 bridgehead atoms. The molecule has 19 heavy (non-hydrogen) atoms. The zero-order chi connectivity index (χ0) is 12.8. The molecule has 3 aliphatic rings. The number of benzene rings is 1. The summed E-state index contributed by atoms with van der Waals surface area (Å²) in [6.45, 7) is 3.89. The molecule has 3 heteroatoms. The Morgan fingerprint density at radius 3 is 2.95 bits per heavy atom. The molecule has 2 unspecified atom stereocenters. The maximum Gasteiger partial charge on any atom is 0.0402 e. The second kappa shape index (κ2) is 4.78. The van der Waals surface area contributed by atoms with E-state index in [1.54, 1.807) is 0 Å². The molecule has 2 saturated heterocycles. The van der Waals surface area contributed by atoms with Gasteiger partial charge in [0.2, 0.25) is 0 Å². The fourth-order valence-electron chi connectivity index (χ4n) is 4.26. The van der Waals surface area contributed by atoms with Gasteiger partial charge >= 0.3 is 0 Å². The van der Waals surface area contributed by atoms with Gasteiger partial charge in [0.25, 0.3) is 0 Å². The molecular weight excluding hydrogens is 300 g/mol. The molecule has 0 saturated carbocycles. The van der Waals surface area contributed by atoms with Crippen molar-refractivity contribution in [3.8, 4) is 0 Å². The fraction of sp³-hybridized carbons (Fsp3) is 0.625. The van der Waals surface area contributed by atoms with Crippen LogP contribution < -0.4 is 4.90 Å². The van der Waals surface area contributed by atoms with E-state index in [4.69, 9.17) is 0 Å². The van der Waals surface area contributed by atoms with Crippen LogP contribution in [0.2, 0.25) is 0 Å². The van der Waals surface area contributed by atoms with Crippen LogP contribution in [0.3, 0.4) is 0 Å². The van der Waals surface area contributed by atoms with Gasteiger partial charge in [-0.1, -0.05) is 15.9 Å². The minimum absolute atomic E-state index is 0.779. The molecule has 2 atom stereocenters. The molecule has 0 aliphatic carbocycles. The van der Waals surface area contributed by atoms with Crippen molar-refractivity contribution < 1.29 is 0 Å². The quantitative estimate of drug-likeness (QED) is 0.782. The Morgan fingerprint density at radius 2 is 2.00 bits per heavy atom. The minimum Gasteiger partial charge on any atom is -0.368 e. The SMILES string of the molecule is Brc1ccc2c(c1)CCN2C1CCN2CCCC2C1. The van der Waals surface area contributed by atoms with Gasteiger partial charge in [-0.25, -0.2) is 0 Å². The first kappa shape index (κ1) is 12.2. The smallest absolute Gasteiger partial charge is 0.0402 e. The van der Waals surface area contributed by atoms with Crippen LogP contribution in [0.4, 0.5) is 5.69 Å². The van der Waals surface area contributed by atoms with Crippen LogP contribution in [0.1, 0.15) is 31.2 Å². The summed E-state index contributed by atoms with van der Waals surface area (Å²) < 4.78 is 1.22. The highest BCUT2D eigenvalue weighted by atomic mass is 79.9. The maximum absolute atomic E-state index is 3.59. The van der Waals surface area contributed by atoms with Gasteiger partial charge in [0, 0.05) is 35.3 Å². The summed E-state index contributed by atoms with van der Waals surface area (Å²) in [4.78, 5) is 5.41. The summed E-state index contributed by atoms with van der Waals surface area (Å²) >= 11 is 3.59. The number of hydrogen-bond donors (Lipinski definition) is 0. The Labute approximate surface area is 123 Å². The van der Waals surface area contributed by atoms with Gasteiger partial charge in [-0.15, -0.1) is 0 Å². The molecule has 2 nitrogen and oxygen atoms in total. The van der Waals surface area contributed by atoms with E-state index in [9.17, 15) is 0 Å². The monoisotopic (exact) mass is 320 g/mol. The first-order valence-electron chi connectivity index (χ1n) is 7.60. The van der Waals surface area contributed by atoms with E-state index in [1.165, 1.54) is 67.5 Å². The first-order chi connectivity index (χ1) is 9.31. The van der Waals surface area contributed by atoms with Gasteiger partial charge in [-0.3, -0.25) is 0 Å². The Balaban J connectivity index is 1.55. The van der Waals surface area contributed by atoms with Gasteiger partial charge < -0.3 is 9.80 Å². The molecule has 102 valence electrons. The third-order valence-electron chi connectivity index (χ3n) is 5.21. The Morgan fingerprint density at radius 1 is 1.05 bits per heavy atom. The second-order valence-electron chi connectivity index (χ2n) is 6.23. The lowest BCUT2D eigenvalue weighted by molar-refractivity contribution is 0.178. The third kappa shape index (κ3) is 2.11. The molecule has 3 aliphatic heterocycles. The largest absolute Gasteiger partial charge is 0.368 e. The summed E-state index contributed by atoms with van der Waals surface area (Å²) in [5.74, 6) is 0. The van der Waals surface area contributed by atoms with Crippen molar-refractivity contribution in [3.63, 3.8) is 0 Å². The lowest BCUT2D eigenvalue weighted by Gasteiger charge is -2.40. The predicted octanol–water partition coefficient (Wildman–Crippen LogP) is 3.44. The lowest BCUT2D eigenvalue weighted by atomic mass is 9.96. The average molecular weight is 321 g/mol. The number of halogens is 1. The molecule has 2 fully saturated rings. The number of nitrogens with zero attached hydrogens (tertiary/aromatic N) is 2. The molecule has 1 aromatic rings. The fourth-order valence-corrected chi connectivity index (χ4v) is 4.67. The average Bonchev–Trinajstić information content (AvgIpc) is 3.02. The van der Waals surface area contributed by atoms with E-state index in [0.717, 1.165) is 12.1 Å². The Kier molecular flexibility index (Phi) is 3.07. The molecular formula is C16H21BrN2. The van der Waals surface area contributed by atoms with Crippen molar-refractivity contribution in [2.45, 2.75) is 44.2 Å². The topological polar surface area (TPSA) is 6.48 Å². The first-order valence-corrected chi connectivity index (χ1v) is 8.40. The molecule has 3 heterocycles. The van der Waals surface area contributed by atoms with Crippen molar-refractivity contribution in [2.75, 3.05) is 24.5 Å². The number of hydrogen-bond acceptors (Lipinski definition) is 2. The van der Waals surface area contributed by atoms with Crippen LogP contribution in [0.15, 0.2) is 22.7 Å². The summed E-state index contributed by atoms with van der Waals surface area (Å²) in [6, 6.07) is 8.47. The molecule has 0 radical (unpaired) electrons. The van der Waals surface area contributed by atoms with E-state index in [0.29, 0.717) is 0 Å². The summed E-state index contributed by atoms with van der Waals surface area (Å²) in [7, 11) is 0. The predicted molar refractivity (Wildman–Crippen MR) is 82.8 cm³/mol. The van der Waals surface area contributed by atoms with Crippen LogP contribution >= 0.6 is 15.9 Å². The van der Waals surface area contributed by atoms with Gasteiger partial charge in [-0.05, 0) is 62.4 Å². The molecule has 0 spiro atoms. The third-order valence-corrected chi connectivity index (χ3v) is 5.70. The van der Waals surface area contributed by atoms with E-state index < -0.39 is 0 Å². The Bertz CT molecular complexity index is 488. The van der Waals surface area contributed by atoms with E-state index in [1.807, 2.05) is 0 Å². The zero-order valence-corrected chi connectivity index (χ0v) is 12.9. The van der Waals surface area contributed by atoms with Crippen LogP contribution in [0.5, 0.6) is 0 Å². The maximum atomic E-state index is 3.59. The highest BCUT2D eigenvalue weighted by molar-refractivity contribution is 9.10. The van der Waals surface area contributed by atoms with Crippen molar-refractivity contribution >= 4 is 21.6 Å². The van der Waals surface area contributed by atoms with E-state index in [-0.39, 0.29) is 0 Å². The number of piperidine rings is 1. The standard InChI is InChI=1S/C16H21BrN2/c17-13-3-4-16-12(10-13)5-9-19(16)15-6-8-18-7-1-2-14(18)11-15/h3-4,10,14-15H,1-2,5-9,11H2. The number of anilines is 1. The zero-order valence-electron chi connectivity index (χ0n) is 11.3. The highest BCUT2D eigenvalue weighted by Gasteiger charge is 2.35. The summed E-state index contributed by atoms with van der Waals surface area (Å²) in [6.07, 6.45) is 6.81.